The number of anilines is 1. The van der Waals surface area contributed by atoms with Gasteiger partial charge in [0.2, 0.25) is 0 Å². The van der Waals surface area contributed by atoms with Gasteiger partial charge in [0.05, 0.1) is 12.7 Å². The van der Waals surface area contributed by atoms with Crippen LogP contribution in [0, 0.1) is 0 Å². The van der Waals surface area contributed by atoms with Crippen LogP contribution in [0.15, 0.2) is 41.1 Å². The van der Waals surface area contributed by atoms with Crippen LogP contribution in [0.2, 0.25) is 0 Å². The summed E-state index contributed by atoms with van der Waals surface area (Å²) in [6, 6.07) is 9.25. The Bertz CT molecular complexity index is 652. The minimum Gasteiger partial charge on any atom is -0.490 e. The molecule has 1 heterocycles. The second kappa shape index (κ2) is 8.87. The normalized spacial score (nSPS) is 14.4. The lowest BCUT2D eigenvalue weighted by Gasteiger charge is -2.22. The van der Waals surface area contributed by atoms with E-state index in [-0.39, 0.29) is 12.6 Å². The van der Waals surface area contributed by atoms with Crippen molar-refractivity contribution in [1.82, 2.24) is 4.90 Å². The smallest absolute Gasteiger partial charge is 0.322 e. The van der Waals surface area contributed by atoms with E-state index in [9.17, 15) is 9.90 Å². The maximum absolute atomic E-state index is 12.5. The fourth-order valence-corrected chi connectivity index (χ4v) is 3.65. The highest BCUT2D eigenvalue weighted by Crippen LogP contribution is 2.25. The predicted octanol–water partition coefficient (Wildman–Crippen LogP) is 4.10. The van der Waals surface area contributed by atoms with Gasteiger partial charge >= 0.3 is 6.03 Å². The van der Waals surface area contributed by atoms with E-state index in [1.165, 1.54) is 12.8 Å². The van der Waals surface area contributed by atoms with Crippen LogP contribution in [0.1, 0.15) is 31.2 Å². The van der Waals surface area contributed by atoms with Gasteiger partial charge in [-0.15, -0.1) is 0 Å². The lowest BCUT2D eigenvalue weighted by atomic mass is 10.2. The molecule has 134 valence electrons. The lowest BCUT2D eigenvalue weighted by molar-refractivity contribution is 0.185. The van der Waals surface area contributed by atoms with E-state index < -0.39 is 0 Å². The Labute approximate surface area is 152 Å². The predicted molar refractivity (Wildman–Crippen MR) is 100 cm³/mol. The molecule has 0 atom stereocenters. The zero-order valence-corrected chi connectivity index (χ0v) is 15.0. The molecule has 6 heteroatoms. The molecule has 0 bridgehead atoms. The van der Waals surface area contributed by atoms with Crippen molar-refractivity contribution in [2.75, 3.05) is 18.5 Å². The van der Waals surface area contributed by atoms with Crippen LogP contribution in [0.4, 0.5) is 10.5 Å². The third-order valence-corrected chi connectivity index (χ3v) is 5.05. The molecule has 1 aliphatic carbocycles. The number of aliphatic hydroxyl groups is 1. The first-order valence-electron chi connectivity index (χ1n) is 8.69. The summed E-state index contributed by atoms with van der Waals surface area (Å²) in [4.78, 5) is 14.1. The molecule has 2 N–H and O–H groups in total. The number of thiophene rings is 1. The van der Waals surface area contributed by atoms with E-state index in [0.29, 0.717) is 19.2 Å². The zero-order chi connectivity index (χ0) is 17.5. The maximum Gasteiger partial charge on any atom is 0.322 e. The monoisotopic (exact) mass is 360 g/mol. The summed E-state index contributed by atoms with van der Waals surface area (Å²) in [7, 11) is 0. The van der Waals surface area contributed by atoms with Crippen molar-refractivity contribution in [3.8, 4) is 5.75 Å². The van der Waals surface area contributed by atoms with Gasteiger partial charge in [0.15, 0.2) is 0 Å². The number of aliphatic hydroxyl groups excluding tert-OH is 1. The quantitative estimate of drug-likeness (QED) is 0.781. The summed E-state index contributed by atoms with van der Waals surface area (Å²) < 4.78 is 5.94. The number of ether oxygens (including phenoxy) is 1. The largest absolute Gasteiger partial charge is 0.490 e. The topological polar surface area (TPSA) is 61.8 Å². The molecule has 2 amide bonds. The van der Waals surface area contributed by atoms with Gasteiger partial charge in [-0.1, -0.05) is 0 Å². The second-order valence-corrected chi connectivity index (χ2v) is 7.04. The number of rotatable bonds is 7. The van der Waals surface area contributed by atoms with Crippen LogP contribution in [0.25, 0.3) is 0 Å². The molecule has 0 radical (unpaired) electrons. The molecule has 5 nitrogen and oxygen atoms in total. The van der Waals surface area contributed by atoms with Crippen LogP contribution in [-0.2, 0) is 6.54 Å². The van der Waals surface area contributed by atoms with Crippen molar-refractivity contribution in [2.24, 2.45) is 0 Å². The van der Waals surface area contributed by atoms with Crippen LogP contribution in [0.3, 0.4) is 0 Å². The Hall–Kier alpha value is -2.05. The Morgan fingerprint density at radius 3 is 2.64 bits per heavy atom. The van der Waals surface area contributed by atoms with Crippen molar-refractivity contribution >= 4 is 23.1 Å². The van der Waals surface area contributed by atoms with Gasteiger partial charge in [-0.3, -0.25) is 0 Å². The number of carbonyl (C=O) groups excluding carboxylic acids is 1. The van der Waals surface area contributed by atoms with Crippen molar-refractivity contribution in [3.63, 3.8) is 0 Å². The SMILES string of the molecule is O=C(Nc1ccc(OC2CCCC2)cc1)N(CCO)Cc1ccsc1. The molecule has 1 aromatic carbocycles. The molecule has 1 saturated carbocycles. The summed E-state index contributed by atoms with van der Waals surface area (Å²) in [6.45, 7) is 0.717. The molecule has 0 spiro atoms. The number of nitrogens with one attached hydrogen (secondary N) is 1. The van der Waals surface area contributed by atoms with Gasteiger partial charge < -0.3 is 20.1 Å². The summed E-state index contributed by atoms with van der Waals surface area (Å²) >= 11 is 1.59. The Kier molecular flexibility index (Phi) is 6.30. The fraction of sp³-hybridized carbons (Fsp3) is 0.421. The second-order valence-electron chi connectivity index (χ2n) is 6.26. The van der Waals surface area contributed by atoms with Crippen LogP contribution in [-0.4, -0.2) is 35.3 Å². The summed E-state index contributed by atoms with van der Waals surface area (Å²) in [5, 5.41) is 16.1. The van der Waals surface area contributed by atoms with E-state index in [2.05, 4.69) is 5.32 Å². The molecular weight excluding hydrogens is 336 g/mol. The summed E-state index contributed by atoms with van der Waals surface area (Å²) in [5.41, 5.74) is 1.78. The Morgan fingerprint density at radius 2 is 2.00 bits per heavy atom. The van der Waals surface area contributed by atoms with Crippen molar-refractivity contribution in [2.45, 2.75) is 38.3 Å². The van der Waals surface area contributed by atoms with Gasteiger partial charge in [0, 0.05) is 18.8 Å². The van der Waals surface area contributed by atoms with Crippen LogP contribution in [0.5, 0.6) is 5.75 Å². The van der Waals surface area contributed by atoms with Crippen molar-refractivity contribution in [1.29, 1.82) is 0 Å². The summed E-state index contributed by atoms with van der Waals surface area (Å²) in [6.07, 6.45) is 5.05. The molecule has 2 aromatic rings. The van der Waals surface area contributed by atoms with E-state index in [4.69, 9.17) is 4.74 Å². The average Bonchev–Trinajstić information content (AvgIpc) is 3.30. The first kappa shape index (κ1) is 17.8. The van der Waals surface area contributed by atoms with Gasteiger partial charge in [-0.05, 0) is 72.3 Å². The highest BCUT2D eigenvalue weighted by Gasteiger charge is 2.17. The molecule has 1 aliphatic rings. The first-order valence-corrected chi connectivity index (χ1v) is 9.63. The highest BCUT2D eigenvalue weighted by atomic mass is 32.1. The number of nitrogens with zero attached hydrogens (tertiary/aromatic N) is 1. The number of benzene rings is 1. The fourth-order valence-electron chi connectivity index (χ4n) is 2.99. The molecule has 25 heavy (non-hydrogen) atoms. The van der Waals surface area contributed by atoms with Crippen molar-refractivity contribution < 1.29 is 14.6 Å². The molecule has 0 aliphatic heterocycles. The van der Waals surface area contributed by atoms with E-state index in [0.717, 1.165) is 29.8 Å². The van der Waals surface area contributed by atoms with E-state index in [1.807, 2.05) is 41.1 Å². The lowest BCUT2D eigenvalue weighted by Crippen LogP contribution is -2.36. The van der Waals surface area contributed by atoms with E-state index >= 15 is 0 Å². The van der Waals surface area contributed by atoms with E-state index in [1.54, 1.807) is 16.2 Å². The molecule has 1 fully saturated rings. The Balaban J connectivity index is 1.56. The third kappa shape index (κ3) is 5.21. The minimum absolute atomic E-state index is 0.0638. The van der Waals surface area contributed by atoms with Gasteiger partial charge in [-0.25, -0.2) is 4.79 Å². The van der Waals surface area contributed by atoms with Gasteiger partial charge in [0.1, 0.15) is 5.75 Å². The first-order chi connectivity index (χ1) is 12.2. The number of urea groups is 1. The number of carbonyl (C=O) groups is 1. The van der Waals surface area contributed by atoms with Gasteiger partial charge in [-0.2, -0.15) is 11.3 Å². The average molecular weight is 360 g/mol. The van der Waals surface area contributed by atoms with Crippen LogP contribution >= 0.6 is 11.3 Å². The number of amides is 2. The van der Waals surface area contributed by atoms with Crippen LogP contribution < -0.4 is 10.1 Å². The Morgan fingerprint density at radius 1 is 1.24 bits per heavy atom. The standard InChI is InChI=1S/C19H24N2O3S/c22-11-10-21(13-15-9-12-25-14-15)19(23)20-16-5-7-18(8-6-16)24-17-3-1-2-4-17/h5-9,12,14,17,22H,1-4,10-11,13H2,(H,20,23). The summed E-state index contributed by atoms with van der Waals surface area (Å²) in [5.74, 6) is 0.843. The molecule has 3 rings (SSSR count). The maximum atomic E-state index is 12.5. The minimum atomic E-state index is -0.218. The zero-order valence-electron chi connectivity index (χ0n) is 14.2. The molecule has 1 aromatic heterocycles. The highest BCUT2D eigenvalue weighted by molar-refractivity contribution is 7.07. The number of hydrogen-bond acceptors (Lipinski definition) is 4. The van der Waals surface area contributed by atoms with Crippen molar-refractivity contribution in [3.05, 3.63) is 46.7 Å². The molecule has 0 unspecified atom stereocenters. The number of hydrogen-bond donors (Lipinski definition) is 2. The molecular formula is C19H24N2O3S. The van der Waals surface area contributed by atoms with Gasteiger partial charge in [0.25, 0.3) is 0 Å². The third-order valence-electron chi connectivity index (χ3n) is 4.32. The molecule has 0 saturated heterocycles.